The van der Waals surface area contributed by atoms with Gasteiger partial charge in [0.15, 0.2) is 11.5 Å². The van der Waals surface area contributed by atoms with Crippen molar-refractivity contribution in [2.24, 2.45) is 5.92 Å². The van der Waals surface area contributed by atoms with Crippen molar-refractivity contribution in [3.8, 4) is 11.5 Å². The number of aromatic nitrogens is 1. The molecule has 0 unspecified atom stereocenters. The molecule has 5 nitrogen and oxygen atoms in total. The number of hydrogen-bond acceptors (Lipinski definition) is 5. The number of benzene rings is 1. The fourth-order valence-corrected chi connectivity index (χ4v) is 3.50. The molecule has 2 heterocycles. The van der Waals surface area contributed by atoms with Gasteiger partial charge >= 0.3 is 0 Å². The van der Waals surface area contributed by atoms with Gasteiger partial charge in [-0.2, -0.15) is 0 Å². The van der Waals surface area contributed by atoms with Crippen LogP contribution in [0.5, 0.6) is 11.5 Å². The SMILES string of the molecule is COc1cc(CN2CCC[C@@H]2c2cc(C(C)C)on2)ccc1OCC(C)C. The topological polar surface area (TPSA) is 47.7 Å². The molecule has 0 radical (unpaired) electrons. The zero-order valence-electron chi connectivity index (χ0n) is 17.2. The summed E-state index contributed by atoms with van der Waals surface area (Å²) in [6, 6.07) is 8.69. The number of rotatable bonds is 8. The van der Waals surface area contributed by atoms with Crippen LogP contribution >= 0.6 is 0 Å². The van der Waals surface area contributed by atoms with E-state index in [9.17, 15) is 0 Å². The van der Waals surface area contributed by atoms with Crippen molar-refractivity contribution in [1.29, 1.82) is 0 Å². The largest absolute Gasteiger partial charge is 0.493 e. The van der Waals surface area contributed by atoms with Gasteiger partial charge in [0.25, 0.3) is 0 Å². The highest BCUT2D eigenvalue weighted by Crippen LogP contribution is 2.35. The van der Waals surface area contributed by atoms with E-state index in [-0.39, 0.29) is 0 Å². The molecule has 0 saturated carbocycles. The summed E-state index contributed by atoms with van der Waals surface area (Å²) in [4.78, 5) is 2.48. The zero-order chi connectivity index (χ0) is 19.4. The first-order valence-electron chi connectivity index (χ1n) is 9.98. The number of hydrogen-bond donors (Lipinski definition) is 0. The van der Waals surface area contributed by atoms with Crippen LogP contribution in [0.25, 0.3) is 0 Å². The highest BCUT2D eigenvalue weighted by molar-refractivity contribution is 5.43. The highest BCUT2D eigenvalue weighted by atomic mass is 16.5. The third kappa shape index (κ3) is 4.83. The van der Waals surface area contributed by atoms with Crippen molar-refractivity contribution in [2.75, 3.05) is 20.3 Å². The molecule has 0 bridgehead atoms. The Balaban J connectivity index is 1.71. The van der Waals surface area contributed by atoms with Crippen molar-refractivity contribution >= 4 is 0 Å². The van der Waals surface area contributed by atoms with Crippen LogP contribution in [0.15, 0.2) is 28.8 Å². The highest BCUT2D eigenvalue weighted by Gasteiger charge is 2.29. The van der Waals surface area contributed by atoms with E-state index in [1.54, 1.807) is 7.11 Å². The first-order valence-corrected chi connectivity index (χ1v) is 9.98. The summed E-state index contributed by atoms with van der Waals surface area (Å²) < 4.78 is 16.9. The summed E-state index contributed by atoms with van der Waals surface area (Å²) in [7, 11) is 1.70. The van der Waals surface area contributed by atoms with Gasteiger partial charge in [-0.1, -0.05) is 38.9 Å². The number of ether oxygens (including phenoxy) is 2. The molecule has 0 aliphatic carbocycles. The van der Waals surface area contributed by atoms with E-state index < -0.39 is 0 Å². The summed E-state index contributed by atoms with van der Waals surface area (Å²) in [6.07, 6.45) is 2.30. The van der Waals surface area contributed by atoms with Crippen LogP contribution in [0.3, 0.4) is 0 Å². The molecule has 1 saturated heterocycles. The Morgan fingerprint density at radius 2 is 2.00 bits per heavy atom. The molecule has 0 amide bonds. The molecule has 27 heavy (non-hydrogen) atoms. The molecule has 1 fully saturated rings. The second kappa shape index (κ2) is 8.79. The third-order valence-electron chi connectivity index (χ3n) is 5.01. The van der Waals surface area contributed by atoms with Crippen molar-refractivity contribution in [1.82, 2.24) is 10.1 Å². The van der Waals surface area contributed by atoms with Crippen molar-refractivity contribution in [3.05, 3.63) is 41.3 Å². The molecule has 2 aromatic rings. The summed E-state index contributed by atoms with van der Waals surface area (Å²) in [5.41, 5.74) is 2.28. The van der Waals surface area contributed by atoms with Crippen LogP contribution in [-0.2, 0) is 6.54 Å². The molecule has 3 rings (SSSR count). The van der Waals surface area contributed by atoms with Gasteiger partial charge in [0.1, 0.15) is 11.5 Å². The molecule has 148 valence electrons. The Labute approximate surface area is 162 Å². The molecule has 0 spiro atoms. The van der Waals surface area contributed by atoms with Gasteiger partial charge in [-0.3, -0.25) is 4.90 Å². The first-order chi connectivity index (χ1) is 13.0. The van der Waals surface area contributed by atoms with E-state index in [0.29, 0.717) is 24.5 Å². The fourth-order valence-electron chi connectivity index (χ4n) is 3.50. The summed E-state index contributed by atoms with van der Waals surface area (Å²) >= 11 is 0. The summed E-state index contributed by atoms with van der Waals surface area (Å²) in [6.45, 7) is 11.2. The number of methoxy groups -OCH3 is 1. The Morgan fingerprint density at radius 3 is 2.67 bits per heavy atom. The fraction of sp³-hybridized carbons (Fsp3) is 0.591. The second-order valence-electron chi connectivity index (χ2n) is 8.13. The average Bonchev–Trinajstić information content (AvgIpc) is 3.29. The van der Waals surface area contributed by atoms with Gasteiger partial charge in [0, 0.05) is 18.5 Å². The van der Waals surface area contributed by atoms with Gasteiger partial charge in [0.05, 0.1) is 19.8 Å². The normalized spacial score (nSPS) is 17.8. The molecule has 1 aliphatic heterocycles. The van der Waals surface area contributed by atoms with Gasteiger partial charge in [-0.25, -0.2) is 0 Å². The minimum absolute atomic E-state index is 0.323. The standard InChI is InChI=1S/C22H32N2O3/c1-15(2)14-26-20-9-8-17(11-22(20)25-5)13-24-10-6-7-19(24)18-12-21(16(3)4)27-23-18/h8-9,11-12,15-16,19H,6-7,10,13-14H2,1-5H3/t19-/m1/s1. The lowest BCUT2D eigenvalue weighted by Crippen LogP contribution is -2.23. The van der Waals surface area contributed by atoms with Crippen molar-refractivity contribution in [3.63, 3.8) is 0 Å². The molecule has 1 aromatic carbocycles. The third-order valence-corrected chi connectivity index (χ3v) is 5.01. The molecule has 1 aliphatic rings. The van der Waals surface area contributed by atoms with Crippen LogP contribution in [0.2, 0.25) is 0 Å². The van der Waals surface area contributed by atoms with E-state index in [2.05, 4.69) is 56.0 Å². The lowest BCUT2D eigenvalue weighted by atomic mass is 10.1. The van der Waals surface area contributed by atoms with Crippen LogP contribution in [-0.4, -0.2) is 30.3 Å². The predicted octanol–water partition coefficient (Wildman–Crippen LogP) is 5.18. The number of nitrogens with zero attached hydrogens (tertiary/aromatic N) is 2. The van der Waals surface area contributed by atoms with E-state index in [1.165, 1.54) is 12.0 Å². The average molecular weight is 373 g/mol. The molecule has 5 heteroatoms. The smallest absolute Gasteiger partial charge is 0.161 e. The Morgan fingerprint density at radius 1 is 1.19 bits per heavy atom. The molecule has 1 atom stereocenters. The minimum Gasteiger partial charge on any atom is -0.493 e. The Kier molecular flexibility index (Phi) is 6.42. The maximum Gasteiger partial charge on any atom is 0.161 e. The van der Waals surface area contributed by atoms with Crippen LogP contribution in [0.4, 0.5) is 0 Å². The van der Waals surface area contributed by atoms with Crippen LogP contribution < -0.4 is 9.47 Å². The molecular formula is C22H32N2O3. The molecule has 1 aromatic heterocycles. The maximum atomic E-state index is 5.87. The van der Waals surface area contributed by atoms with E-state index in [0.717, 1.165) is 42.5 Å². The van der Waals surface area contributed by atoms with E-state index in [4.69, 9.17) is 14.0 Å². The molecule has 0 N–H and O–H groups in total. The van der Waals surface area contributed by atoms with Crippen molar-refractivity contribution < 1.29 is 14.0 Å². The van der Waals surface area contributed by atoms with E-state index in [1.807, 2.05) is 6.07 Å². The summed E-state index contributed by atoms with van der Waals surface area (Å²) in [5.74, 6) is 3.42. The molecular weight excluding hydrogens is 340 g/mol. The lowest BCUT2D eigenvalue weighted by Gasteiger charge is -2.23. The van der Waals surface area contributed by atoms with Crippen LogP contribution in [0.1, 0.15) is 69.5 Å². The second-order valence-corrected chi connectivity index (χ2v) is 8.13. The van der Waals surface area contributed by atoms with Gasteiger partial charge in [-0.15, -0.1) is 0 Å². The van der Waals surface area contributed by atoms with Crippen molar-refractivity contribution in [2.45, 2.75) is 59.0 Å². The monoisotopic (exact) mass is 372 g/mol. The number of likely N-dealkylation sites (tertiary alicyclic amines) is 1. The summed E-state index contributed by atoms with van der Waals surface area (Å²) in [5, 5.41) is 4.34. The maximum absolute atomic E-state index is 5.87. The van der Waals surface area contributed by atoms with E-state index >= 15 is 0 Å². The van der Waals surface area contributed by atoms with Gasteiger partial charge in [0.2, 0.25) is 0 Å². The Bertz CT molecular complexity index is 739. The minimum atomic E-state index is 0.323. The predicted molar refractivity (Wildman–Crippen MR) is 106 cm³/mol. The van der Waals surface area contributed by atoms with Crippen LogP contribution in [0, 0.1) is 5.92 Å². The lowest BCUT2D eigenvalue weighted by molar-refractivity contribution is 0.234. The van der Waals surface area contributed by atoms with Gasteiger partial charge in [-0.05, 0) is 43.0 Å². The first kappa shape index (κ1) is 19.7. The Hall–Kier alpha value is -2.01. The van der Waals surface area contributed by atoms with Gasteiger partial charge < -0.3 is 14.0 Å². The quantitative estimate of drug-likeness (QED) is 0.639. The zero-order valence-corrected chi connectivity index (χ0v) is 17.2.